The van der Waals surface area contributed by atoms with Crippen LogP contribution in [-0.4, -0.2) is 41.5 Å². The summed E-state index contributed by atoms with van der Waals surface area (Å²) >= 11 is 0. The maximum atomic E-state index is 12.5. The molecule has 6 nitrogen and oxygen atoms in total. The predicted molar refractivity (Wildman–Crippen MR) is 93.7 cm³/mol. The molecule has 0 amide bonds. The van der Waals surface area contributed by atoms with Crippen molar-refractivity contribution in [2.45, 2.75) is 44.2 Å². The van der Waals surface area contributed by atoms with E-state index in [0.29, 0.717) is 25.2 Å². The molecule has 2 heterocycles. The Morgan fingerprint density at radius 2 is 2.04 bits per heavy atom. The van der Waals surface area contributed by atoms with Gasteiger partial charge in [-0.1, -0.05) is 19.3 Å². The molecule has 0 spiro atoms. The van der Waals surface area contributed by atoms with Crippen molar-refractivity contribution < 1.29 is 14.2 Å². The van der Waals surface area contributed by atoms with Crippen LogP contribution >= 0.6 is 7.37 Å². The highest BCUT2D eigenvalue weighted by Crippen LogP contribution is 2.46. The molecule has 134 valence electrons. The highest BCUT2D eigenvalue weighted by molar-refractivity contribution is 7.58. The summed E-state index contributed by atoms with van der Waals surface area (Å²) in [7, 11) is -3.15. The molecule has 0 aromatic carbocycles. The first-order valence-corrected chi connectivity index (χ1v) is 10.9. The molecule has 1 saturated heterocycles. The standard InChI is InChI=1S/C17H27N2O4P/c20-17-8-14(6-7-18-17)16-10-23-15(9-19-16)12-24(21,22)11-13-4-2-1-3-5-13/h6-8,13,15-16,19H,1-5,9-12H2,(H,18,20)(H,21,22)/t15-,16+/m1/s1. The number of rotatable bonds is 5. The molecule has 7 heteroatoms. The summed E-state index contributed by atoms with van der Waals surface area (Å²) in [6.45, 7) is 0.949. The Morgan fingerprint density at radius 3 is 2.71 bits per heavy atom. The van der Waals surface area contributed by atoms with Gasteiger partial charge in [0.1, 0.15) is 0 Å². The van der Waals surface area contributed by atoms with Gasteiger partial charge >= 0.3 is 0 Å². The molecule has 2 aliphatic rings. The fourth-order valence-corrected chi connectivity index (χ4v) is 5.99. The average Bonchev–Trinajstić information content (AvgIpc) is 2.55. The van der Waals surface area contributed by atoms with E-state index in [2.05, 4.69) is 10.3 Å². The van der Waals surface area contributed by atoms with Crippen molar-refractivity contribution in [3.05, 3.63) is 34.2 Å². The van der Waals surface area contributed by atoms with Gasteiger partial charge in [-0.25, -0.2) is 0 Å². The van der Waals surface area contributed by atoms with Crippen LogP contribution in [0.25, 0.3) is 0 Å². The Balaban J connectivity index is 1.49. The topological polar surface area (TPSA) is 91.4 Å². The Kier molecular flexibility index (Phi) is 5.93. The molecule has 1 unspecified atom stereocenters. The van der Waals surface area contributed by atoms with Crippen molar-refractivity contribution in [2.24, 2.45) is 5.92 Å². The third kappa shape index (κ3) is 5.03. The van der Waals surface area contributed by atoms with Crippen LogP contribution in [0.4, 0.5) is 0 Å². The second-order valence-corrected chi connectivity index (χ2v) is 9.54. The summed E-state index contributed by atoms with van der Waals surface area (Å²) in [6.07, 6.45) is 7.83. The van der Waals surface area contributed by atoms with E-state index in [1.54, 1.807) is 12.3 Å². The molecule has 1 aromatic heterocycles. The number of hydrogen-bond donors (Lipinski definition) is 3. The average molecular weight is 354 g/mol. The van der Waals surface area contributed by atoms with Gasteiger partial charge in [0.2, 0.25) is 12.9 Å². The maximum absolute atomic E-state index is 12.5. The van der Waals surface area contributed by atoms with Gasteiger partial charge in [0, 0.05) is 25.0 Å². The Morgan fingerprint density at radius 1 is 1.25 bits per heavy atom. The van der Waals surface area contributed by atoms with Crippen molar-refractivity contribution in [2.75, 3.05) is 25.5 Å². The highest BCUT2D eigenvalue weighted by Gasteiger charge is 2.31. The zero-order valence-corrected chi connectivity index (χ0v) is 14.8. The van der Waals surface area contributed by atoms with Crippen molar-refractivity contribution in [1.29, 1.82) is 0 Å². The van der Waals surface area contributed by atoms with Gasteiger partial charge in [-0.2, -0.15) is 0 Å². The van der Waals surface area contributed by atoms with E-state index in [9.17, 15) is 14.3 Å². The monoisotopic (exact) mass is 354 g/mol. The molecule has 1 aliphatic carbocycles. The summed E-state index contributed by atoms with van der Waals surface area (Å²) < 4.78 is 18.4. The second kappa shape index (κ2) is 7.96. The summed E-state index contributed by atoms with van der Waals surface area (Å²) in [4.78, 5) is 24.3. The molecule has 3 rings (SSSR count). The third-order valence-corrected chi connectivity index (χ3v) is 7.11. The number of morpholine rings is 1. The van der Waals surface area contributed by atoms with E-state index >= 15 is 0 Å². The number of nitrogens with one attached hydrogen (secondary N) is 2. The van der Waals surface area contributed by atoms with Crippen molar-refractivity contribution in [1.82, 2.24) is 10.3 Å². The third-order valence-electron chi connectivity index (χ3n) is 5.05. The number of H-pyrrole nitrogens is 1. The Bertz CT molecular complexity index is 633. The van der Waals surface area contributed by atoms with Crippen molar-refractivity contribution >= 4 is 7.37 Å². The van der Waals surface area contributed by atoms with Gasteiger partial charge in [-0.3, -0.25) is 9.36 Å². The normalized spacial score (nSPS) is 28.4. The predicted octanol–water partition coefficient (Wildman–Crippen LogP) is 2.26. The van der Waals surface area contributed by atoms with Gasteiger partial charge in [-0.15, -0.1) is 0 Å². The van der Waals surface area contributed by atoms with E-state index in [-0.39, 0.29) is 23.9 Å². The Labute approximate surface area is 142 Å². The van der Waals surface area contributed by atoms with E-state index in [1.807, 2.05) is 6.07 Å². The lowest BCUT2D eigenvalue weighted by molar-refractivity contribution is 0.0156. The van der Waals surface area contributed by atoms with Gasteiger partial charge in [0.25, 0.3) is 0 Å². The second-order valence-electron chi connectivity index (χ2n) is 7.12. The molecule has 3 atom stereocenters. The van der Waals surface area contributed by atoms with Gasteiger partial charge in [0.05, 0.1) is 24.9 Å². The van der Waals surface area contributed by atoms with E-state index in [0.717, 1.165) is 18.4 Å². The SMILES string of the molecule is O=c1cc([C@@H]2CO[C@@H](CP(=O)(O)CC3CCCCC3)CN2)cc[nH]1. The summed E-state index contributed by atoms with van der Waals surface area (Å²) in [5.41, 5.74) is 0.746. The highest BCUT2D eigenvalue weighted by atomic mass is 31.2. The number of aromatic amines is 1. The zero-order valence-electron chi connectivity index (χ0n) is 13.9. The first-order valence-electron chi connectivity index (χ1n) is 8.86. The van der Waals surface area contributed by atoms with Crippen LogP contribution in [0, 0.1) is 5.92 Å². The molecular weight excluding hydrogens is 327 g/mol. The molecule has 1 saturated carbocycles. The van der Waals surface area contributed by atoms with Crippen LogP contribution in [0.1, 0.15) is 43.7 Å². The minimum Gasteiger partial charge on any atom is -0.374 e. The van der Waals surface area contributed by atoms with Crippen LogP contribution in [0.2, 0.25) is 0 Å². The lowest BCUT2D eigenvalue weighted by Gasteiger charge is -2.32. The maximum Gasteiger partial charge on any atom is 0.248 e. The first kappa shape index (κ1) is 17.9. The van der Waals surface area contributed by atoms with Crippen molar-refractivity contribution in [3.8, 4) is 0 Å². The smallest absolute Gasteiger partial charge is 0.248 e. The summed E-state index contributed by atoms with van der Waals surface area (Å²) in [5, 5.41) is 3.33. The largest absolute Gasteiger partial charge is 0.374 e. The van der Waals surface area contributed by atoms with Gasteiger partial charge in [0.15, 0.2) is 0 Å². The molecule has 0 radical (unpaired) electrons. The Hall–Kier alpha value is -0.940. The van der Waals surface area contributed by atoms with Crippen molar-refractivity contribution in [3.63, 3.8) is 0 Å². The number of pyridine rings is 1. The van der Waals surface area contributed by atoms with Gasteiger partial charge in [-0.05, 0) is 30.4 Å². The summed E-state index contributed by atoms with van der Waals surface area (Å²) in [5.74, 6) is 0.398. The van der Waals surface area contributed by atoms with E-state index < -0.39 is 7.37 Å². The van der Waals surface area contributed by atoms with Crippen LogP contribution in [0.15, 0.2) is 23.1 Å². The van der Waals surface area contributed by atoms with Gasteiger partial charge < -0.3 is 19.9 Å². The molecular formula is C17H27N2O4P. The van der Waals surface area contributed by atoms with E-state index in [4.69, 9.17) is 4.74 Å². The first-order chi connectivity index (χ1) is 11.5. The van der Waals surface area contributed by atoms with Crippen LogP contribution in [0.5, 0.6) is 0 Å². The van der Waals surface area contributed by atoms with E-state index in [1.165, 1.54) is 19.3 Å². The van der Waals surface area contributed by atoms with Crippen LogP contribution < -0.4 is 10.9 Å². The molecule has 2 fully saturated rings. The summed E-state index contributed by atoms with van der Waals surface area (Å²) in [6, 6.07) is 3.37. The fraction of sp³-hybridized carbons (Fsp3) is 0.706. The number of hydrogen-bond acceptors (Lipinski definition) is 4. The molecule has 1 aromatic rings. The number of ether oxygens (including phenoxy) is 1. The lowest BCUT2D eigenvalue weighted by atomic mass is 9.91. The van der Waals surface area contributed by atoms with Crippen LogP contribution in [0.3, 0.4) is 0 Å². The number of aromatic nitrogens is 1. The lowest BCUT2D eigenvalue weighted by Crippen LogP contribution is -2.43. The molecule has 1 aliphatic heterocycles. The molecule has 24 heavy (non-hydrogen) atoms. The minimum atomic E-state index is -3.15. The minimum absolute atomic E-state index is 0.0417. The van der Waals surface area contributed by atoms with Crippen LogP contribution in [-0.2, 0) is 9.30 Å². The quantitative estimate of drug-likeness (QED) is 0.706. The molecule has 3 N–H and O–H groups in total. The zero-order chi connectivity index (χ0) is 17.0. The molecule has 0 bridgehead atoms. The fourth-order valence-electron chi connectivity index (χ4n) is 3.80.